The van der Waals surface area contributed by atoms with Crippen molar-refractivity contribution in [1.82, 2.24) is 4.31 Å². The number of nitrogens with zero attached hydrogens (tertiary/aromatic N) is 1. The Balaban J connectivity index is 2.43. The first-order valence-corrected chi connectivity index (χ1v) is 12.6. The van der Waals surface area contributed by atoms with Crippen LogP contribution in [-0.2, 0) is 24.8 Å². The number of halogens is 5. The molecule has 0 atom stereocenters. The van der Waals surface area contributed by atoms with E-state index in [0.717, 1.165) is 12.1 Å². The van der Waals surface area contributed by atoms with Crippen molar-refractivity contribution in [2.75, 3.05) is 6.54 Å². The maximum absolute atomic E-state index is 14.4. The van der Waals surface area contributed by atoms with Crippen molar-refractivity contribution in [1.29, 1.82) is 0 Å². The first-order chi connectivity index (χ1) is 14.0. The van der Waals surface area contributed by atoms with E-state index in [4.69, 9.17) is 5.14 Å². The summed E-state index contributed by atoms with van der Waals surface area (Å²) in [7, 11) is -10.2. The topological polar surface area (TPSA) is 97.5 Å². The van der Waals surface area contributed by atoms with Crippen molar-refractivity contribution in [2.24, 2.45) is 11.1 Å². The molecule has 1 aliphatic rings. The second-order valence-electron chi connectivity index (χ2n) is 8.14. The fourth-order valence-corrected chi connectivity index (χ4v) is 6.41. The monoisotopic (exact) mass is 492 g/mol. The lowest BCUT2D eigenvalue weighted by Gasteiger charge is -2.42. The number of rotatable bonds is 7. The van der Waals surface area contributed by atoms with Crippen LogP contribution < -0.4 is 5.14 Å². The minimum Gasteiger partial charge on any atom is -0.228 e. The van der Waals surface area contributed by atoms with Gasteiger partial charge in [0, 0.05) is 18.2 Å². The molecule has 1 aromatic carbocycles. The van der Waals surface area contributed by atoms with Gasteiger partial charge in [0.25, 0.3) is 0 Å². The predicted molar refractivity (Wildman–Crippen MR) is 105 cm³/mol. The molecule has 0 bridgehead atoms. The standard InChI is InChI=1S/C18H25F5N2O4S2/c1-12(2)7-10-25(31(28,29)18(21,22)23)14-5-8-17(9-6-14,30(24,26)27)15-11-13(19)3-4-16(15)20/h3-4,11-12,14H,5-10H2,1-2H3,(H2,24,26,27). The highest BCUT2D eigenvalue weighted by Gasteiger charge is 2.54. The van der Waals surface area contributed by atoms with E-state index in [1.165, 1.54) is 0 Å². The summed E-state index contributed by atoms with van der Waals surface area (Å²) in [6, 6.07) is 1.08. The normalized spacial score (nSPS) is 23.5. The van der Waals surface area contributed by atoms with E-state index >= 15 is 0 Å². The summed E-state index contributed by atoms with van der Waals surface area (Å²) >= 11 is 0. The van der Waals surface area contributed by atoms with Gasteiger partial charge in [-0.3, -0.25) is 0 Å². The molecule has 31 heavy (non-hydrogen) atoms. The summed E-state index contributed by atoms with van der Waals surface area (Å²) < 4.78 is 115. The van der Waals surface area contributed by atoms with Crippen LogP contribution >= 0.6 is 0 Å². The number of alkyl halides is 3. The van der Waals surface area contributed by atoms with Crippen LogP contribution in [-0.4, -0.2) is 39.2 Å². The predicted octanol–water partition coefficient (Wildman–Crippen LogP) is 3.59. The third-order valence-electron chi connectivity index (χ3n) is 5.66. The third-order valence-corrected chi connectivity index (χ3v) is 9.06. The van der Waals surface area contributed by atoms with Gasteiger partial charge in [-0.25, -0.2) is 30.8 Å². The van der Waals surface area contributed by atoms with Crippen molar-refractivity contribution < 1.29 is 38.8 Å². The Morgan fingerprint density at radius 3 is 2.13 bits per heavy atom. The molecule has 6 nitrogen and oxygen atoms in total. The van der Waals surface area contributed by atoms with E-state index in [-0.39, 0.29) is 25.2 Å². The fourth-order valence-electron chi connectivity index (χ4n) is 3.93. The summed E-state index contributed by atoms with van der Waals surface area (Å²) in [5.41, 5.74) is -6.03. The van der Waals surface area contributed by atoms with E-state index in [0.29, 0.717) is 10.4 Å². The summed E-state index contributed by atoms with van der Waals surface area (Å²) in [5.74, 6) is -2.01. The van der Waals surface area contributed by atoms with Gasteiger partial charge in [-0.1, -0.05) is 13.8 Å². The van der Waals surface area contributed by atoms with Crippen LogP contribution in [0.1, 0.15) is 51.5 Å². The third kappa shape index (κ3) is 5.20. The maximum atomic E-state index is 14.4. The molecule has 0 saturated heterocycles. The highest BCUT2D eigenvalue weighted by atomic mass is 32.2. The van der Waals surface area contributed by atoms with Gasteiger partial charge < -0.3 is 0 Å². The molecule has 0 aromatic heterocycles. The molecular formula is C18H25F5N2O4S2. The highest BCUT2D eigenvalue weighted by Crippen LogP contribution is 2.46. The second kappa shape index (κ2) is 8.91. The molecule has 1 aliphatic carbocycles. The zero-order valence-corrected chi connectivity index (χ0v) is 18.6. The van der Waals surface area contributed by atoms with Crippen LogP contribution in [0.4, 0.5) is 22.0 Å². The smallest absolute Gasteiger partial charge is 0.228 e. The molecule has 1 fully saturated rings. The van der Waals surface area contributed by atoms with Gasteiger partial charge in [-0.2, -0.15) is 17.5 Å². The molecule has 0 unspecified atom stereocenters. The Kier molecular flexibility index (Phi) is 7.46. The van der Waals surface area contributed by atoms with Gasteiger partial charge >= 0.3 is 15.5 Å². The summed E-state index contributed by atoms with van der Waals surface area (Å²) in [5, 5.41) is 5.34. The van der Waals surface area contributed by atoms with Gasteiger partial charge in [0.2, 0.25) is 10.0 Å². The summed E-state index contributed by atoms with van der Waals surface area (Å²) in [4.78, 5) is 0. The molecule has 0 heterocycles. The highest BCUT2D eigenvalue weighted by molar-refractivity contribution is 7.90. The molecule has 1 saturated carbocycles. The molecular weight excluding hydrogens is 467 g/mol. The van der Waals surface area contributed by atoms with Gasteiger partial charge in [0.05, 0.1) is 0 Å². The number of nitrogens with two attached hydrogens (primary N) is 1. The van der Waals surface area contributed by atoms with Crippen LogP contribution in [0.15, 0.2) is 18.2 Å². The maximum Gasteiger partial charge on any atom is 0.511 e. The van der Waals surface area contributed by atoms with Crippen molar-refractivity contribution >= 4 is 20.0 Å². The Morgan fingerprint density at radius 1 is 1.13 bits per heavy atom. The minimum absolute atomic E-state index is 0.0839. The fraction of sp³-hybridized carbons (Fsp3) is 0.667. The largest absolute Gasteiger partial charge is 0.511 e. The number of benzene rings is 1. The van der Waals surface area contributed by atoms with E-state index in [1.807, 2.05) is 0 Å². The number of hydrogen-bond acceptors (Lipinski definition) is 4. The number of primary sulfonamides is 1. The van der Waals surface area contributed by atoms with Gasteiger partial charge in [0.15, 0.2) is 0 Å². The van der Waals surface area contributed by atoms with Gasteiger partial charge in [0.1, 0.15) is 16.4 Å². The molecule has 2 N–H and O–H groups in total. The number of hydrogen-bond donors (Lipinski definition) is 1. The van der Waals surface area contributed by atoms with E-state index < -0.39 is 72.9 Å². The Morgan fingerprint density at radius 2 is 1.68 bits per heavy atom. The van der Waals surface area contributed by atoms with Crippen molar-refractivity contribution in [3.8, 4) is 0 Å². The summed E-state index contributed by atoms with van der Waals surface area (Å²) in [6.45, 7) is 3.04. The number of sulfonamides is 2. The van der Waals surface area contributed by atoms with Crippen molar-refractivity contribution in [2.45, 2.75) is 62.2 Å². The van der Waals surface area contributed by atoms with E-state index in [1.54, 1.807) is 13.8 Å². The van der Waals surface area contributed by atoms with E-state index in [9.17, 15) is 38.8 Å². The van der Waals surface area contributed by atoms with Crippen molar-refractivity contribution in [3.05, 3.63) is 35.4 Å². The zero-order valence-electron chi connectivity index (χ0n) is 17.0. The first-order valence-electron chi connectivity index (χ1n) is 9.59. The van der Waals surface area contributed by atoms with Crippen molar-refractivity contribution in [3.63, 3.8) is 0 Å². The Hall–Kier alpha value is -1.31. The zero-order chi connectivity index (χ0) is 23.8. The first kappa shape index (κ1) is 25.9. The lowest BCUT2D eigenvalue weighted by Crippen LogP contribution is -2.52. The Labute approximate surface area is 178 Å². The van der Waals surface area contributed by atoms with Crippen LogP contribution in [0.3, 0.4) is 0 Å². The molecule has 1 aromatic rings. The van der Waals surface area contributed by atoms with Gasteiger partial charge in [-0.05, 0) is 56.2 Å². The minimum atomic E-state index is -5.67. The lowest BCUT2D eigenvalue weighted by atomic mass is 9.80. The summed E-state index contributed by atoms with van der Waals surface area (Å²) in [6.07, 6.45) is -1.39. The molecule has 178 valence electrons. The average Bonchev–Trinajstić information content (AvgIpc) is 2.62. The Bertz CT molecular complexity index is 1000. The van der Waals surface area contributed by atoms with Crippen LogP contribution in [0.2, 0.25) is 0 Å². The SMILES string of the molecule is CC(C)CCN(C1CCC(c2cc(F)ccc2F)(S(N)(=O)=O)CC1)S(=O)(=O)C(F)(F)F. The lowest BCUT2D eigenvalue weighted by molar-refractivity contribution is -0.0508. The quantitative estimate of drug-likeness (QED) is 0.589. The molecule has 0 radical (unpaired) electrons. The molecule has 0 spiro atoms. The van der Waals surface area contributed by atoms with E-state index in [2.05, 4.69) is 0 Å². The molecule has 13 heteroatoms. The molecule has 2 rings (SSSR count). The van der Waals surface area contributed by atoms with Crippen LogP contribution in [0, 0.1) is 17.6 Å². The van der Waals surface area contributed by atoms with Crippen LogP contribution in [0.5, 0.6) is 0 Å². The second-order valence-corrected chi connectivity index (χ2v) is 11.9. The average molecular weight is 493 g/mol. The van der Waals surface area contributed by atoms with Gasteiger partial charge in [-0.15, -0.1) is 0 Å². The van der Waals surface area contributed by atoms with Crippen LogP contribution in [0.25, 0.3) is 0 Å². The molecule has 0 aliphatic heterocycles. The molecule has 0 amide bonds.